The Bertz CT molecular complexity index is 241. The molecule has 0 bridgehead atoms. The molecule has 0 saturated carbocycles. The fourth-order valence-electron chi connectivity index (χ4n) is 0.434. The molecule has 0 radical (unpaired) electrons. The summed E-state index contributed by atoms with van der Waals surface area (Å²) >= 11 is 16.5. The number of aromatic hydroxyl groups is 1. The van der Waals surface area contributed by atoms with Crippen LogP contribution in [0.25, 0.3) is 0 Å². The Morgan fingerprint density at radius 2 is 1.73 bits per heavy atom. The Morgan fingerprint density at radius 1 is 1.18 bits per heavy atom. The molecule has 6 heteroatoms. The molecule has 0 aliphatic rings. The third-order valence-electron chi connectivity index (χ3n) is 0.899. The van der Waals surface area contributed by atoms with Crippen LogP contribution in [-0.2, 0) is 0 Å². The molecular weight excluding hydrogens is 236 g/mol. The number of pyridine rings is 1. The quantitative estimate of drug-likeness (QED) is 0.702. The molecule has 0 atom stereocenters. The van der Waals surface area contributed by atoms with Crippen LogP contribution in [0.2, 0.25) is 15.1 Å². The standard InChI is InChI=1S/C5H2Cl3NO.K.H/c6-2-1-9-5(10)4(8)3(2)7;;/h1H,(H,9,10);;. The summed E-state index contributed by atoms with van der Waals surface area (Å²) in [6.07, 6.45) is 1.23. The van der Waals surface area contributed by atoms with Gasteiger partial charge in [-0.2, -0.15) is 0 Å². The van der Waals surface area contributed by atoms with Gasteiger partial charge in [-0.15, -0.1) is 0 Å². The second-order valence-corrected chi connectivity index (χ2v) is 2.72. The molecule has 56 valence electrons. The maximum absolute atomic E-state index is 8.84. The van der Waals surface area contributed by atoms with E-state index in [2.05, 4.69) is 4.98 Å². The van der Waals surface area contributed by atoms with Gasteiger partial charge in [-0.1, -0.05) is 34.8 Å². The minimum absolute atomic E-state index is 0. The predicted molar refractivity (Wildman–Crippen MR) is 48.1 cm³/mol. The first-order chi connectivity index (χ1) is 4.63. The molecule has 1 heterocycles. The summed E-state index contributed by atoms with van der Waals surface area (Å²) in [7, 11) is 0. The molecule has 1 aromatic heterocycles. The molecule has 1 rings (SSSR count). The second-order valence-electron chi connectivity index (χ2n) is 1.56. The molecule has 0 spiro atoms. The van der Waals surface area contributed by atoms with Crippen molar-refractivity contribution in [2.24, 2.45) is 0 Å². The van der Waals surface area contributed by atoms with E-state index in [1.54, 1.807) is 0 Å². The Kier molecular flexibility index (Phi) is 5.94. The van der Waals surface area contributed by atoms with Crippen molar-refractivity contribution in [3.05, 3.63) is 21.3 Å². The van der Waals surface area contributed by atoms with Crippen molar-refractivity contribution in [2.75, 3.05) is 0 Å². The molecule has 11 heavy (non-hydrogen) atoms. The summed E-state index contributed by atoms with van der Waals surface area (Å²) in [6.45, 7) is 0. The van der Waals surface area contributed by atoms with Gasteiger partial charge in [0.2, 0.25) is 5.88 Å². The first kappa shape index (κ1) is 12.5. The van der Waals surface area contributed by atoms with Crippen molar-refractivity contribution < 1.29 is 5.11 Å². The molecule has 0 fully saturated rings. The van der Waals surface area contributed by atoms with Gasteiger partial charge >= 0.3 is 51.4 Å². The fourth-order valence-corrected chi connectivity index (χ4v) is 0.910. The summed E-state index contributed by atoms with van der Waals surface area (Å²) in [4.78, 5) is 3.45. The summed E-state index contributed by atoms with van der Waals surface area (Å²) in [5.74, 6) is -0.309. The van der Waals surface area contributed by atoms with Crippen LogP contribution in [0.1, 0.15) is 0 Å². The van der Waals surface area contributed by atoms with Gasteiger partial charge in [-0.3, -0.25) is 0 Å². The van der Waals surface area contributed by atoms with Crippen molar-refractivity contribution in [3.63, 3.8) is 0 Å². The van der Waals surface area contributed by atoms with E-state index in [4.69, 9.17) is 39.9 Å². The molecule has 0 saturated heterocycles. The van der Waals surface area contributed by atoms with Crippen molar-refractivity contribution in [3.8, 4) is 5.88 Å². The van der Waals surface area contributed by atoms with Crippen LogP contribution in [-0.4, -0.2) is 61.5 Å². The molecule has 0 amide bonds. The van der Waals surface area contributed by atoms with Crippen molar-refractivity contribution in [1.29, 1.82) is 0 Å². The van der Waals surface area contributed by atoms with E-state index in [-0.39, 0.29) is 72.3 Å². The first-order valence-corrected chi connectivity index (χ1v) is 3.44. The van der Waals surface area contributed by atoms with Crippen molar-refractivity contribution >= 4 is 86.2 Å². The predicted octanol–water partition coefficient (Wildman–Crippen LogP) is 2.10. The Balaban J connectivity index is 0.000001000. The average Bonchev–Trinajstić information content (AvgIpc) is 1.93. The Hall–Kier alpha value is 1.46. The molecule has 1 N–H and O–H groups in total. The van der Waals surface area contributed by atoms with E-state index in [0.717, 1.165) is 0 Å². The van der Waals surface area contributed by atoms with Crippen LogP contribution in [0.4, 0.5) is 0 Å². The zero-order valence-electron chi connectivity index (χ0n) is 4.61. The molecule has 0 aromatic carbocycles. The molecule has 0 aliphatic carbocycles. The minimum atomic E-state index is -0.309. The van der Waals surface area contributed by atoms with Gasteiger partial charge < -0.3 is 5.11 Å². The first-order valence-electron chi connectivity index (χ1n) is 2.31. The number of aromatic nitrogens is 1. The summed E-state index contributed by atoms with van der Waals surface area (Å²) in [5.41, 5.74) is 0. The van der Waals surface area contributed by atoms with E-state index >= 15 is 0 Å². The van der Waals surface area contributed by atoms with Crippen molar-refractivity contribution in [2.45, 2.75) is 0 Å². The molecule has 2 nitrogen and oxygen atoms in total. The molecule has 0 aliphatic heterocycles. The number of nitrogens with zero attached hydrogens (tertiary/aromatic N) is 1. The Labute approximate surface area is 121 Å². The SMILES string of the molecule is Oc1ncc(Cl)c(Cl)c1Cl.[KH]. The van der Waals surface area contributed by atoms with Gasteiger partial charge in [0.05, 0.1) is 16.2 Å². The zero-order chi connectivity index (χ0) is 7.72. The van der Waals surface area contributed by atoms with E-state index in [1.807, 2.05) is 0 Å². The van der Waals surface area contributed by atoms with Gasteiger partial charge in [-0.05, 0) is 0 Å². The van der Waals surface area contributed by atoms with E-state index < -0.39 is 0 Å². The average molecular weight is 239 g/mol. The van der Waals surface area contributed by atoms with Gasteiger partial charge in [0.15, 0.2) is 0 Å². The van der Waals surface area contributed by atoms with Crippen LogP contribution in [0.5, 0.6) is 5.88 Å². The van der Waals surface area contributed by atoms with Crippen LogP contribution < -0.4 is 0 Å². The monoisotopic (exact) mass is 237 g/mol. The Morgan fingerprint density at radius 3 is 2.18 bits per heavy atom. The fraction of sp³-hybridized carbons (Fsp3) is 0. The topological polar surface area (TPSA) is 33.1 Å². The van der Waals surface area contributed by atoms with Crippen LogP contribution in [0.3, 0.4) is 0 Å². The van der Waals surface area contributed by atoms with Gasteiger partial charge in [0.1, 0.15) is 5.02 Å². The van der Waals surface area contributed by atoms with Gasteiger partial charge in [0.25, 0.3) is 0 Å². The number of rotatable bonds is 0. The van der Waals surface area contributed by atoms with Crippen molar-refractivity contribution in [1.82, 2.24) is 4.98 Å². The van der Waals surface area contributed by atoms with E-state index in [0.29, 0.717) is 0 Å². The summed E-state index contributed by atoms with van der Waals surface area (Å²) in [5, 5.41) is 9.17. The van der Waals surface area contributed by atoms with Crippen LogP contribution in [0.15, 0.2) is 6.20 Å². The third kappa shape index (κ3) is 3.01. The molecule has 1 aromatic rings. The second kappa shape index (κ2) is 5.24. The normalized spacial score (nSPS) is 9.00. The van der Waals surface area contributed by atoms with Gasteiger partial charge in [0, 0.05) is 0 Å². The third-order valence-corrected chi connectivity index (χ3v) is 2.13. The van der Waals surface area contributed by atoms with Crippen LogP contribution >= 0.6 is 34.8 Å². The van der Waals surface area contributed by atoms with E-state index in [1.165, 1.54) is 6.20 Å². The summed E-state index contributed by atoms with van der Waals surface area (Å²) < 4.78 is 0. The van der Waals surface area contributed by atoms with E-state index in [9.17, 15) is 0 Å². The number of halogens is 3. The number of hydrogen-bond donors (Lipinski definition) is 1. The maximum atomic E-state index is 8.84. The zero-order valence-corrected chi connectivity index (χ0v) is 6.87. The summed E-state index contributed by atoms with van der Waals surface area (Å²) in [6, 6.07) is 0. The molecule has 0 unspecified atom stereocenters. The number of hydrogen-bond acceptors (Lipinski definition) is 2. The molecular formula is C5H3Cl3KNO. The van der Waals surface area contributed by atoms with Crippen LogP contribution in [0, 0.1) is 0 Å². The van der Waals surface area contributed by atoms with Gasteiger partial charge in [-0.25, -0.2) is 4.98 Å².